The second-order valence-corrected chi connectivity index (χ2v) is 8.60. The molecule has 0 spiro atoms. The first-order valence-electron chi connectivity index (χ1n) is 6.69. The zero-order valence-corrected chi connectivity index (χ0v) is 15.7. The van der Waals surface area contributed by atoms with Gasteiger partial charge in [-0.05, 0) is 34.1 Å². The summed E-state index contributed by atoms with van der Waals surface area (Å²) in [7, 11) is 0. The number of benzene rings is 1. The average molecular weight is 441 g/mol. The van der Waals surface area contributed by atoms with E-state index in [-0.39, 0.29) is 11.9 Å². The molecule has 4 rings (SSSR count). The maximum Gasteiger partial charge on any atom is 0.322 e. The van der Waals surface area contributed by atoms with E-state index in [1.54, 1.807) is 0 Å². The Morgan fingerprint density at radius 1 is 1.17 bits per heavy atom. The Hall–Kier alpha value is -1.74. The van der Waals surface area contributed by atoms with Crippen LogP contribution in [0.3, 0.4) is 0 Å². The standard InChI is InChI=1S/C15H7BrClN3O2S2/c16-10-6-5-9(23-10)14-19-20-15(22-14)18-13(21)12-11(17)7-3-1-2-4-8(7)24-12/h1-6H,(H,18,20,21). The monoisotopic (exact) mass is 439 g/mol. The van der Waals surface area contributed by atoms with E-state index in [9.17, 15) is 4.79 Å². The van der Waals surface area contributed by atoms with Crippen LogP contribution in [0.1, 0.15) is 9.67 Å². The van der Waals surface area contributed by atoms with Crippen LogP contribution in [0.5, 0.6) is 0 Å². The molecule has 120 valence electrons. The van der Waals surface area contributed by atoms with Gasteiger partial charge in [0.25, 0.3) is 11.8 Å². The molecule has 0 aliphatic rings. The van der Waals surface area contributed by atoms with E-state index in [4.69, 9.17) is 16.0 Å². The van der Waals surface area contributed by atoms with Gasteiger partial charge in [0.15, 0.2) is 0 Å². The predicted molar refractivity (Wildman–Crippen MR) is 100 cm³/mol. The van der Waals surface area contributed by atoms with Crippen molar-refractivity contribution in [2.24, 2.45) is 0 Å². The maximum atomic E-state index is 12.4. The molecular formula is C15H7BrClN3O2S2. The van der Waals surface area contributed by atoms with E-state index >= 15 is 0 Å². The fraction of sp³-hybridized carbons (Fsp3) is 0. The summed E-state index contributed by atoms with van der Waals surface area (Å²) in [6.07, 6.45) is 0. The number of hydrogen-bond acceptors (Lipinski definition) is 6. The third kappa shape index (κ3) is 2.86. The van der Waals surface area contributed by atoms with Crippen LogP contribution in [0.25, 0.3) is 20.9 Å². The van der Waals surface area contributed by atoms with Crippen LogP contribution < -0.4 is 5.32 Å². The number of nitrogens with zero attached hydrogens (tertiary/aromatic N) is 2. The molecule has 1 amide bonds. The number of hydrogen-bond donors (Lipinski definition) is 1. The van der Waals surface area contributed by atoms with E-state index in [0.717, 1.165) is 18.7 Å². The molecular weight excluding hydrogens is 434 g/mol. The van der Waals surface area contributed by atoms with Gasteiger partial charge < -0.3 is 4.42 Å². The van der Waals surface area contributed by atoms with Gasteiger partial charge in [-0.15, -0.1) is 27.8 Å². The summed E-state index contributed by atoms with van der Waals surface area (Å²) in [4.78, 5) is 13.7. The lowest BCUT2D eigenvalue weighted by Crippen LogP contribution is -2.10. The van der Waals surface area contributed by atoms with Crippen LogP contribution in [-0.2, 0) is 0 Å². The lowest BCUT2D eigenvalue weighted by Gasteiger charge is -1.97. The number of halogens is 2. The second kappa shape index (κ2) is 6.29. The van der Waals surface area contributed by atoms with Gasteiger partial charge in [0.2, 0.25) is 0 Å². The summed E-state index contributed by atoms with van der Waals surface area (Å²) in [6, 6.07) is 11.4. The molecule has 24 heavy (non-hydrogen) atoms. The summed E-state index contributed by atoms with van der Waals surface area (Å²) < 4.78 is 7.39. The molecule has 0 bridgehead atoms. The highest BCUT2D eigenvalue weighted by molar-refractivity contribution is 9.11. The third-order valence-corrected chi connectivity index (χ3v) is 6.46. The number of nitrogens with one attached hydrogen (secondary N) is 1. The summed E-state index contributed by atoms with van der Waals surface area (Å²) in [5, 5.41) is 11.7. The number of anilines is 1. The molecule has 1 N–H and O–H groups in total. The van der Waals surface area contributed by atoms with Crippen molar-refractivity contribution in [3.63, 3.8) is 0 Å². The van der Waals surface area contributed by atoms with E-state index in [0.29, 0.717) is 15.8 Å². The van der Waals surface area contributed by atoms with Crippen molar-refractivity contribution in [1.29, 1.82) is 0 Å². The minimum Gasteiger partial charge on any atom is -0.402 e. The van der Waals surface area contributed by atoms with Gasteiger partial charge in [-0.1, -0.05) is 34.9 Å². The molecule has 9 heteroatoms. The highest BCUT2D eigenvalue weighted by Crippen LogP contribution is 2.36. The first kappa shape index (κ1) is 15.8. The SMILES string of the molecule is O=C(Nc1nnc(-c2ccc(Br)s2)o1)c1sc2ccccc2c1Cl. The van der Waals surface area contributed by atoms with Crippen molar-refractivity contribution < 1.29 is 9.21 Å². The molecule has 0 atom stereocenters. The molecule has 3 aromatic heterocycles. The first-order valence-corrected chi connectivity index (χ1v) is 9.50. The quantitative estimate of drug-likeness (QED) is 0.445. The van der Waals surface area contributed by atoms with Gasteiger partial charge in [0, 0.05) is 10.1 Å². The van der Waals surface area contributed by atoms with Gasteiger partial charge in [-0.2, -0.15) is 0 Å². The maximum absolute atomic E-state index is 12.4. The Labute approximate surface area is 157 Å². The van der Waals surface area contributed by atoms with Crippen molar-refractivity contribution in [1.82, 2.24) is 10.2 Å². The van der Waals surface area contributed by atoms with Crippen LogP contribution >= 0.6 is 50.2 Å². The minimum absolute atomic E-state index is 0.0352. The van der Waals surface area contributed by atoms with Gasteiger partial charge >= 0.3 is 6.01 Å². The third-order valence-electron chi connectivity index (χ3n) is 3.17. The molecule has 3 heterocycles. The Morgan fingerprint density at radius 3 is 2.75 bits per heavy atom. The van der Waals surface area contributed by atoms with E-state index in [2.05, 4.69) is 31.4 Å². The van der Waals surface area contributed by atoms with Gasteiger partial charge in [-0.3, -0.25) is 10.1 Å². The summed E-state index contributed by atoms with van der Waals surface area (Å²) in [5.74, 6) is -0.0211. The molecule has 0 aliphatic heterocycles. The van der Waals surface area contributed by atoms with Crippen molar-refractivity contribution >= 4 is 72.2 Å². The zero-order valence-electron chi connectivity index (χ0n) is 11.7. The number of carbonyl (C=O) groups is 1. The van der Waals surface area contributed by atoms with Crippen LogP contribution in [0.2, 0.25) is 5.02 Å². The normalized spacial score (nSPS) is 11.1. The first-order chi connectivity index (χ1) is 11.6. The van der Waals surface area contributed by atoms with Crippen molar-refractivity contribution in [3.8, 4) is 10.8 Å². The van der Waals surface area contributed by atoms with Gasteiger partial charge in [-0.25, -0.2) is 0 Å². The highest BCUT2D eigenvalue weighted by Gasteiger charge is 2.19. The molecule has 5 nitrogen and oxygen atoms in total. The Kier molecular flexibility index (Phi) is 4.13. The largest absolute Gasteiger partial charge is 0.402 e. The molecule has 4 aromatic rings. The number of thiophene rings is 2. The van der Waals surface area contributed by atoms with E-state index < -0.39 is 0 Å². The molecule has 0 radical (unpaired) electrons. The molecule has 0 unspecified atom stereocenters. The van der Waals surface area contributed by atoms with E-state index in [1.165, 1.54) is 22.7 Å². The lowest BCUT2D eigenvalue weighted by atomic mass is 10.2. The average Bonchev–Trinajstić information content (AvgIpc) is 3.27. The predicted octanol–water partition coefficient (Wildman–Crippen LogP) is 5.68. The molecule has 1 aromatic carbocycles. The van der Waals surface area contributed by atoms with Crippen molar-refractivity contribution in [2.45, 2.75) is 0 Å². The topological polar surface area (TPSA) is 68.0 Å². The number of aromatic nitrogens is 2. The van der Waals surface area contributed by atoms with Gasteiger partial charge in [0.05, 0.1) is 13.7 Å². The zero-order chi connectivity index (χ0) is 16.7. The Balaban J connectivity index is 1.59. The van der Waals surface area contributed by atoms with E-state index in [1.807, 2.05) is 36.4 Å². The molecule has 0 fully saturated rings. The second-order valence-electron chi connectivity index (χ2n) is 4.71. The van der Waals surface area contributed by atoms with Gasteiger partial charge in [0.1, 0.15) is 4.88 Å². The number of amides is 1. The number of carbonyl (C=O) groups excluding carboxylic acids is 1. The summed E-state index contributed by atoms with van der Waals surface area (Å²) in [5.41, 5.74) is 0. The Bertz CT molecular complexity index is 1060. The summed E-state index contributed by atoms with van der Waals surface area (Å²) in [6.45, 7) is 0. The van der Waals surface area contributed by atoms with Crippen molar-refractivity contribution in [3.05, 3.63) is 50.1 Å². The van der Waals surface area contributed by atoms with Crippen LogP contribution in [0.15, 0.2) is 44.6 Å². The van der Waals surface area contributed by atoms with Crippen LogP contribution in [0.4, 0.5) is 6.01 Å². The minimum atomic E-state index is -0.372. The van der Waals surface area contributed by atoms with Crippen LogP contribution in [0, 0.1) is 0 Å². The fourth-order valence-electron chi connectivity index (χ4n) is 2.12. The molecule has 0 saturated heterocycles. The lowest BCUT2D eigenvalue weighted by molar-refractivity contribution is 0.102. The Morgan fingerprint density at radius 2 is 2.00 bits per heavy atom. The smallest absolute Gasteiger partial charge is 0.322 e. The number of rotatable bonds is 3. The van der Waals surface area contributed by atoms with Crippen molar-refractivity contribution in [2.75, 3.05) is 5.32 Å². The highest BCUT2D eigenvalue weighted by atomic mass is 79.9. The molecule has 0 aliphatic carbocycles. The fourth-order valence-corrected chi connectivity index (χ4v) is 4.84. The van der Waals surface area contributed by atoms with Crippen LogP contribution in [-0.4, -0.2) is 16.1 Å². The summed E-state index contributed by atoms with van der Waals surface area (Å²) >= 11 is 12.5. The number of fused-ring (bicyclic) bond motifs is 1. The molecule has 0 saturated carbocycles.